The van der Waals surface area contributed by atoms with Gasteiger partial charge in [0, 0.05) is 18.2 Å². The predicted octanol–water partition coefficient (Wildman–Crippen LogP) is 2.65. The van der Waals surface area contributed by atoms with Crippen molar-refractivity contribution < 1.29 is 14.2 Å². The molecule has 1 rings (SSSR count). The van der Waals surface area contributed by atoms with Crippen molar-refractivity contribution in [2.75, 3.05) is 20.3 Å². The average Bonchev–Trinajstić information content (AvgIpc) is 2.39. The van der Waals surface area contributed by atoms with Crippen LogP contribution in [0.2, 0.25) is 0 Å². The monoisotopic (exact) mass is 255 g/mol. The lowest BCUT2D eigenvalue weighted by Crippen LogP contribution is -2.14. The number of unbranched alkanes of at least 4 members (excludes halogenated alkanes) is 2. The number of nitrogens with one attached hydrogen (secondary N) is 1. The molecule has 0 saturated heterocycles. The van der Waals surface area contributed by atoms with Gasteiger partial charge in [-0.1, -0.05) is 12.1 Å². The van der Waals surface area contributed by atoms with Gasteiger partial charge >= 0.3 is 0 Å². The fraction of sp³-hybridized carbons (Fsp3) is 0.571. The standard InChI is InChI=1S/C14H22FNO2/c1-11(16-2)12-7-6-8-13(15)14(12)18-10-5-3-4-9-17/h6-8,11,16-17H,3-5,9-10H2,1-2H3. The van der Waals surface area contributed by atoms with Crippen molar-refractivity contribution in [2.24, 2.45) is 0 Å². The van der Waals surface area contributed by atoms with Crippen LogP contribution < -0.4 is 10.1 Å². The summed E-state index contributed by atoms with van der Waals surface area (Å²) in [5.74, 6) is 0.0140. The van der Waals surface area contributed by atoms with E-state index in [1.54, 1.807) is 6.07 Å². The van der Waals surface area contributed by atoms with Gasteiger partial charge in [-0.05, 0) is 39.3 Å². The summed E-state index contributed by atoms with van der Waals surface area (Å²) in [5, 5.41) is 11.7. The van der Waals surface area contributed by atoms with Crippen molar-refractivity contribution in [1.82, 2.24) is 5.32 Å². The second kappa shape index (κ2) is 8.06. The van der Waals surface area contributed by atoms with E-state index in [0.29, 0.717) is 12.4 Å². The highest BCUT2D eigenvalue weighted by molar-refractivity contribution is 5.37. The van der Waals surface area contributed by atoms with Crippen LogP contribution >= 0.6 is 0 Å². The second-order valence-corrected chi connectivity index (χ2v) is 4.30. The highest BCUT2D eigenvalue weighted by Gasteiger charge is 2.14. The van der Waals surface area contributed by atoms with Crippen LogP contribution in [0.4, 0.5) is 4.39 Å². The summed E-state index contributed by atoms with van der Waals surface area (Å²) in [7, 11) is 1.83. The molecule has 1 aromatic rings. The van der Waals surface area contributed by atoms with Crippen LogP contribution in [0.5, 0.6) is 5.75 Å². The van der Waals surface area contributed by atoms with E-state index >= 15 is 0 Å². The number of rotatable bonds is 8. The zero-order valence-electron chi connectivity index (χ0n) is 11.1. The third-order valence-electron chi connectivity index (χ3n) is 2.95. The zero-order valence-corrected chi connectivity index (χ0v) is 11.1. The molecule has 1 unspecified atom stereocenters. The number of benzene rings is 1. The predicted molar refractivity (Wildman–Crippen MR) is 70.3 cm³/mol. The van der Waals surface area contributed by atoms with Crippen LogP contribution in [0.3, 0.4) is 0 Å². The maximum Gasteiger partial charge on any atom is 0.165 e. The first kappa shape index (κ1) is 14.9. The van der Waals surface area contributed by atoms with Gasteiger partial charge in [0.25, 0.3) is 0 Å². The highest BCUT2D eigenvalue weighted by atomic mass is 19.1. The smallest absolute Gasteiger partial charge is 0.165 e. The van der Waals surface area contributed by atoms with Gasteiger partial charge in [-0.15, -0.1) is 0 Å². The molecule has 0 bridgehead atoms. The molecule has 2 N–H and O–H groups in total. The Bertz CT molecular complexity index is 358. The molecule has 0 aliphatic carbocycles. The summed E-state index contributed by atoms with van der Waals surface area (Å²) < 4.78 is 19.3. The third-order valence-corrected chi connectivity index (χ3v) is 2.95. The molecule has 0 fully saturated rings. The summed E-state index contributed by atoms with van der Waals surface area (Å²) in [6.07, 6.45) is 2.48. The molecule has 3 nitrogen and oxygen atoms in total. The van der Waals surface area contributed by atoms with Gasteiger partial charge in [0.2, 0.25) is 0 Å². The lowest BCUT2D eigenvalue weighted by atomic mass is 10.1. The van der Waals surface area contributed by atoms with Crippen LogP contribution in [0.15, 0.2) is 18.2 Å². The van der Waals surface area contributed by atoms with Gasteiger partial charge in [-0.2, -0.15) is 0 Å². The lowest BCUT2D eigenvalue weighted by molar-refractivity contribution is 0.259. The Labute approximate surface area is 108 Å². The SMILES string of the molecule is CNC(C)c1cccc(F)c1OCCCCCO. The molecule has 0 saturated carbocycles. The van der Waals surface area contributed by atoms with Gasteiger partial charge in [0.05, 0.1) is 6.61 Å². The first-order valence-electron chi connectivity index (χ1n) is 6.40. The van der Waals surface area contributed by atoms with Gasteiger partial charge in [0.15, 0.2) is 11.6 Å². The third kappa shape index (κ3) is 4.27. The summed E-state index contributed by atoms with van der Waals surface area (Å²) in [6.45, 7) is 2.64. The fourth-order valence-corrected chi connectivity index (χ4v) is 1.74. The van der Waals surface area contributed by atoms with Crippen molar-refractivity contribution in [3.05, 3.63) is 29.6 Å². The largest absolute Gasteiger partial charge is 0.490 e. The first-order valence-corrected chi connectivity index (χ1v) is 6.40. The van der Waals surface area contributed by atoms with Gasteiger partial charge in [-0.25, -0.2) is 4.39 Å². The molecule has 0 radical (unpaired) electrons. The summed E-state index contributed by atoms with van der Waals surface area (Å²) in [4.78, 5) is 0. The summed E-state index contributed by atoms with van der Waals surface area (Å²) >= 11 is 0. The first-order chi connectivity index (χ1) is 8.70. The van der Waals surface area contributed by atoms with E-state index in [-0.39, 0.29) is 18.5 Å². The van der Waals surface area contributed by atoms with Crippen LogP contribution in [0.25, 0.3) is 0 Å². The molecule has 0 aromatic heterocycles. The molecular weight excluding hydrogens is 233 g/mol. The number of halogens is 1. The number of hydrogen-bond acceptors (Lipinski definition) is 3. The molecule has 0 heterocycles. The van der Waals surface area contributed by atoms with Gasteiger partial charge in [0.1, 0.15) is 0 Å². The average molecular weight is 255 g/mol. The Morgan fingerprint density at radius 1 is 1.33 bits per heavy atom. The maximum absolute atomic E-state index is 13.7. The Morgan fingerprint density at radius 3 is 2.78 bits per heavy atom. The van der Waals surface area contributed by atoms with E-state index in [4.69, 9.17) is 9.84 Å². The van der Waals surface area contributed by atoms with Crippen molar-refractivity contribution in [3.8, 4) is 5.75 Å². The maximum atomic E-state index is 13.7. The molecule has 18 heavy (non-hydrogen) atoms. The number of ether oxygens (including phenoxy) is 1. The Hall–Kier alpha value is -1.13. The minimum Gasteiger partial charge on any atom is -0.490 e. The molecule has 102 valence electrons. The molecular formula is C14H22FNO2. The summed E-state index contributed by atoms with van der Waals surface area (Å²) in [5.41, 5.74) is 0.833. The molecule has 4 heteroatoms. The van der Waals surface area contributed by atoms with Crippen molar-refractivity contribution >= 4 is 0 Å². The normalized spacial score (nSPS) is 12.4. The van der Waals surface area contributed by atoms with E-state index in [1.165, 1.54) is 6.07 Å². The van der Waals surface area contributed by atoms with Gasteiger partial charge < -0.3 is 15.2 Å². The molecule has 1 aromatic carbocycles. The molecule has 0 aliphatic rings. The number of hydrogen-bond donors (Lipinski definition) is 2. The van der Waals surface area contributed by atoms with E-state index in [1.807, 2.05) is 20.0 Å². The number of aliphatic hydroxyl groups is 1. The summed E-state index contributed by atoms with van der Waals surface area (Å²) in [6, 6.07) is 5.02. The molecule has 0 aliphatic heterocycles. The van der Waals surface area contributed by atoms with Crippen LogP contribution in [-0.2, 0) is 0 Å². The van der Waals surface area contributed by atoms with Crippen molar-refractivity contribution in [1.29, 1.82) is 0 Å². The Morgan fingerprint density at radius 2 is 2.11 bits per heavy atom. The zero-order chi connectivity index (χ0) is 13.4. The Kier molecular flexibility index (Phi) is 6.68. The van der Waals surface area contributed by atoms with E-state index < -0.39 is 0 Å². The van der Waals surface area contributed by atoms with Crippen LogP contribution in [0.1, 0.15) is 37.8 Å². The number of para-hydroxylation sites is 1. The van der Waals surface area contributed by atoms with E-state index in [2.05, 4.69) is 5.32 Å². The molecule has 0 spiro atoms. The van der Waals surface area contributed by atoms with E-state index in [9.17, 15) is 4.39 Å². The van der Waals surface area contributed by atoms with E-state index in [0.717, 1.165) is 24.8 Å². The Balaban J connectivity index is 2.62. The topological polar surface area (TPSA) is 41.5 Å². The highest BCUT2D eigenvalue weighted by Crippen LogP contribution is 2.28. The van der Waals surface area contributed by atoms with Crippen LogP contribution in [-0.4, -0.2) is 25.4 Å². The van der Waals surface area contributed by atoms with Crippen molar-refractivity contribution in [2.45, 2.75) is 32.2 Å². The van der Waals surface area contributed by atoms with Crippen LogP contribution in [0, 0.1) is 5.82 Å². The molecule has 0 amide bonds. The molecule has 1 atom stereocenters. The number of aliphatic hydroxyl groups excluding tert-OH is 1. The minimum atomic E-state index is -0.322. The quantitative estimate of drug-likeness (QED) is 0.702. The van der Waals surface area contributed by atoms with Crippen molar-refractivity contribution in [3.63, 3.8) is 0 Å². The lowest BCUT2D eigenvalue weighted by Gasteiger charge is -2.17. The minimum absolute atomic E-state index is 0.0492. The fourth-order valence-electron chi connectivity index (χ4n) is 1.74. The van der Waals surface area contributed by atoms with Gasteiger partial charge in [-0.3, -0.25) is 0 Å². The second-order valence-electron chi connectivity index (χ2n) is 4.30.